The zero-order chi connectivity index (χ0) is 58.0. The molecule has 3 aliphatic carbocycles. The molecule has 0 aromatic heterocycles. The molecule has 3 heterocycles. The summed E-state index contributed by atoms with van der Waals surface area (Å²) in [5.74, 6) is 2.81. The number of benzene rings is 6. The van der Waals surface area contributed by atoms with Crippen molar-refractivity contribution < 1.29 is 47.6 Å². The van der Waals surface area contributed by atoms with Crippen LogP contribution in [0.2, 0.25) is 15.1 Å². The van der Waals surface area contributed by atoms with Gasteiger partial charge in [0.1, 0.15) is 23.5 Å². The normalized spacial score (nSPS) is 17.6. The number of fused-ring (bicyclic) bond motifs is 3. The number of hydrogen-bond acceptors (Lipinski definition) is 13. The maximum Gasteiger partial charge on any atom is 0.189 e. The fourth-order valence-corrected chi connectivity index (χ4v) is 12.0. The summed E-state index contributed by atoms with van der Waals surface area (Å²) in [5, 5.41) is 2.11. The highest BCUT2D eigenvalue weighted by Crippen LogP contribution is 2.41. The Morgan fingerprint density at radius 1 is 0.524 bits per heavy atom. The first kappa shape index (κ1) is 59.9. The van der Waals surface area contributed by atoms with Crippen LogP contribution in [0.3, 0.4) is 0 Å². The Morgan fingerprint density at radius 3 is 1.46 bits per heavy atom. The fraction of sp³-hybridized carbons (Fsp3) is 0.364. The van der Waals surface area contributed by atoms with Gasteiger partial charge in [0.15, 0.2) is 17.3 Å². The summed E-state index contributed by atoms with van der Waals surface area (Å²) in [4.78, 5) is 54.8. The number of allylic oxidation sites excluding steroid dienone is 1. The van der Waals surface area contributed by atoms with Crippen molar-refractivity contribution in [2.75, 3.05) is 115 Å². The smallest absolute Gasteiger partial charge is 0.189 e. The van der Waals surface area contributed by atoms with Crippen molar-refractivity contribution >= 4 is 81.6 Å². The molecule has 0 N–H and O–H groups in total. The van der Waals surface area contributed by atoms with Crippen molar-refractivity contribution in [3.05, 3.63) is 178 Å². The minimum atomic E-state index is -0.0236. The molecule has 82 heavy (non-hydrogen) atoms. The number of anilines is 3. The second kappa shape index (κ2) is 27.6. The molecule has 3 saturated heterocycles. The van der Waals surface area contributed by atoms with Gasteiger partial charge in [0.05, 0.1) is 78.0 Å². The molecule has 0 bridgehead atoms. The number of rotatable bonds is 10. The minimum Gasteiger partial charge on any atom is -0.495 e. The van der Waals surface area contributed by atoms with E-state index in [2.05, 4.69) is 32.9 Å². The van der Waals surface area contributed by atoms with E-state index in [0.717, 1.165) is 192 Å². The SMILES string of the molecule is COc1cc2c(cc1N1CCOCC1)C/C(=C\c1ccc(Cl)cc1C)C2=O.COc1cc2c(cc1N1CCOCC1)CC(Cc1ccc(Cl)cc1C)C2=O.COc1cc2c(cc1N1CCOCC1)CCC2=O.Cc1cc(Cl)ccc1C=O. The summed E-state index contributed by atoms with van der Waals surface area (Å²) < 4.78 is 32.9. The van der Waals surface area contributed by atoms with E-state index in [0.29, 0.717) is 41.7 Å². The van der Waals surface area contributed by atoms with Crippen LogP contribution in [0.1, 0.15) is 92.4 Å². The number of Topliss-reactive ketones (excluding diaryl/α,β-unsaturated/α-hetero) is 3. The van der Waals surface area contributed by atoms with Crippen LogP contribution >= 0.6 is 34.8 Å². The van der Waals surface area contributed by atoms with E-state index < -0.39 is 0 Å². The van der Waals surface area contributed by atoms with Crippen molar-refractivity contribution in [1.29, 1.82) is 0 Å². The number of morpholine rings is 3. The lowest BCUT2D eigenvalue weighted by Crippen LogP contribution is -2.36. The predicted octanol–water partition coefficient (Wildman–Crippen LogP) is 12.5. The van der Waals surface area contributed by atoms with Crippen LogP contribution < -0.4 is 28.9 Å². The van der Waals surface area contributed by atoms with Crippen molar-refractivity contribution in [3.63, 3.8) is 0 Å². The summed E-state index contributed by atoms with van der Waals surface area (Å²) in [6.45, 7) is 15.4. The van der Waals surface area contributed by atoms with Gasteiger partial charge in [-0.2, -0.15) is 0 Å². The number of carbonyl (C=O) groups is 4. The zero-order valence-corrected chi connectivity index (χ0v) is 49.7. The number of methoxy groups -OCH3 is 3. The third-order valence-electron chi connectivity index (χ3n) is 15.9. The quantitative estimate of drug-likeness (QED) is 0.0952. The summed E-state index contributed by atoms with van der Waals surface area (Å²) in [5.41, 5.74) is 15.7. The highest BCUT2D eigenvalue weighted by atomic mass is 35.5. The average molecular weight is 1170 g/mol. The Bertz CT molecular complexity index is 3380. The standard InChI is InChI=1S/C22H24ClNO3.C22H22ClNO3.C14H17NO3.C8H7ClO/c2*1-14-9-18(23)4-3-15(14)10-17-11-16-12-20(24-5-7-27-8-6-24)21(26-2)13-19(16)22(17)25;1-17-14-9-11-10(2-3-13(11)16)8-12(14)15-4-6-18-7-5-15;1-6-4-8(9)3-2-7(6)5-10/h3-4,9,12-13,17H,5-8,10-11H2,1-2H3;3-4,9-10,12-13H,5-8,11H2,1-2H3;8-9H,2-7H2,1H3;2-5H,1H3/b;17-10+;;. The molecule has 16 heteroatoms. The molecule has 3 aliphatic heterocycles. The van der Waals surface area contributed by atoms with E-state index in [1.165, 1.54) is 5.56 Å². The number of ether oxygens (including phenoxy) is 6. The molecule has 3 fully saturated rings. The van der Waals surface area contributed by atoms with Crippen LogP contribution in [-0.2, 0) is 39.9 Å². The summed E-state index contributed by atoms with van der Waals surface area (Å²) in [6.07, 6.45) is 6.45. The Hall–Kier alpha value is -6.71. The van der Waals surface area contributed by atoms with Crippen molar-refractivity contribution in [3.8, 4) is 17.2 Å². The Balaban J connectivity index is 0.000000139. The highest BCUT2D eigenvalue weighted by molar-refractivity contribution is 6.31. The second-order valence-corrected chi connectivity index (χ2v) is 22.4. The van der Waals surface area contributed by atoms with E-state index >= 15 is 0 Å². The number of nitrogens with zero attached hydrogens (tertiary/aromatic N) is 3. The summed E-state index contributed by atoms with van der Waals surface area (Å²) in [6, 6.07) is 28.9. The fourth-order valence-electron chi connectivity index (χ4n) is 11.3. The van der Waals surface area contributed by atoms with Crippen LogP contribution in [0.25, 0.3) is 6.08 Å². The molecular weight excluding hydrogens is 1100 g/mol. The first-order valence-corrected chi connectivity index (χ1v) is 29.0. The van der Waals surface area contributed by atoms with Crippen LogP contribution in [-0.4, -0.2) is 124 Å². The Kier molecular flexibility index (Phi) is 20.1. The lowest BCUT2D eigenvalue weighted by molar-refractivity contribution is 0.0934. The van der Waals surface area contributed by atoms with Gasteiger partial charge in [-0.15, -0.1) is 0 Å². The third-order valence-corrected chi connectivity index (χ3v) is 16.6. The summed E-state index contributed by atoms with van der Waals surface area (Å²) >= 11 is 17.8. The summed E-state index contributed by atoms with van der Waals surface area (Å²) in [7, 11) is 4.98. The first-order valence-electron chi connectivity index (χ1n) is 27.8. The Morgan fingerprint density at radius 2 is 0.976 bits per heavy atom. The van der Waals surface area contributed by atoms with Gasteiger partial charge in [0.25, 0.3) is 0 Å². The molecule has 0 saturated carbocycles. The van der Waals surface area contributed by atoms with Crippen LogP contribution in [0.15, 0.2) is 96.6 Å². The van der Waals surface area contributed by atoms with Gasteiger partial charge in [0.2, 0.25) is 0 Å². The molecule has 6 aromatic carbocycles. The number of ketones is 3. The Labute approximate surface area is 495 Å². The van der Waals surface area contributed by atoms with Gasteiger partial charge in [-0.1, -0.05) is 46.9 Å². The second-order valence-electron chi connectivity index (χ2n) is 21.1. The van der Waals surface area contributed by atoms with Gasteiger partial charge in [0, 0.05) is 101 Å². The van der Waals surface area contributed by atoms with Gasteiger partial charge >= 0.3 is 0 Å². The molecular formula is C66H70Cl3N3O10. The molecule has 12 rings (SSSR count). The molecule has 6 aromatic rings. The maximum atomic E-state index is 13.0. The van der Waals surface area contributed by atoms with E-state index in [1.54, 1.807) is 39.5 Å². The van der Waals surface area contributed by atoms with Gasteiger partial charge in [-0.25, -0.2) is 0 Å². The van der Waals surface area contributed by atoms with Crippen LogP contribution in [0, 0.1) is 26.7 Å². The molecule has 0 spiro atoms. The average Bonchev–Trinajstić information content (AvgIpc) is 4.18. The number of carbonyl (C=O) groups excluding carboxylic acids is 4. The third kappa shape index (κ3) is 14.0. The lowest BCUT2D eigenvalue weighted by Gasteiger charge is -2.30. The van der Waals surface area contributed by atoms with Gasteiger partial charge in [-0.05, 0) is 169 Å². The van der Waals surface area contributed by atoms with E-state index in [4.69, 9.17) is 63.2 Å². The van der Waals surface area contributed by atoms with Gasteiger partial charge in [-0.3, -0.25) is 19.2 Å². The number of halogens is 3. The van der Waals surface area contributed by atoms with Gasteiger partial charge < -0.3 is 43.1 Å². The predicted molar refractivity (Wildman–Crippen MR) is 326 cm³/mol. The molecule has 1 atom stereocenters. The van der Waals surface area contributed by atoms with Crippen molar-refractivity contribution in [2.24, 2.45) is 5.92 Å². The zero-order valence-electron chi connectivity index (χ0n) is 47.5. The number of aldehydes is 1. The van der Waals surface area contributed by atoms with E-state index in [-0.39, 0.29) is 23.3 Å². The minimum absolute atomic E-state index is 0.0236. The molecule has 1 unspecified atom stereocenters. The monoisotopic (exact) mass is 1170 g/mol. The molecule has 0 amide bonds. The largest absolute Gasteiger partial charge is 0.495 e. The molecule has 6 aliphatic rings. The van der Waals surface area contributed by atoms with Crippen molar-refractivity contribution in [2.45, 2.75) is 52.9 Å². The molecule has 13 nitrogen and oxygen atoms in total. The van der Waals surface area contributed by atoms with Crippen LogP contribution in [0.4, 0.5) is 17.1 Å². The molecule has 430 valence electrons. The van der Waals surface area contributed by atoms with E-state index in [1.807, 2.05) is 81.4 Å². The lowest BCUT2D eigenvalue weighted by atomic mass is 9.93. The van der Waals surface area contributed by atoms with Crippen LogP contribution in [0.5, 0.6) is 17.2 Å². The molecule has 0 radical (unpaired) electrons. The topological polar surface area (TPSA) is 133 Å². The first-order chi connectivity index (χ1) is 39.7. The number of aryl methyl sites for hydroxylation is 4. The highest BCUT2D eigenvalue weighted by Gasteiger charge is 2.34. The number of hydrogen-bond donors (Lipinski definition) is 0. The van der Waals surface area contributed by atoms with Crippen molar-refractivity contribution in [1.82, 2.24) is 0 Å². The maximum absolute atomic E-state index is 13.0. The van der Waals surface area contributed by atoms with E-state index in [9.17, 15) is 19.2 Å².